The highest BCUT2D eigenvalue weighted by Gasteiger charge is 2.39. The van der Waals surface area contributed by atoms with Crippen molar-refractivity contribution in [3.8, 4) is 0 Å². The maximum Gasteiger partial charge on any atom is 0.328 e. The fourth-order valence-corrected chi connectivity index (χ4v) is 2.43. The van der Waals surface area contributed by atoms with Gasteiger partial charge in [0.05, 0.1) is 0 Å². The van der Waals surface area contributed by atoms with E-state index in [-0.39, 0.29) is 5.91 Å². The molecule has 0 spiro atoms. The lowest BCUT2D eigenvalue weighted by Gasteiger charge is -2.25. The van der Waals surface area contributed by atoms with E-state index in [0.29, 0.717) is 12.0 Å². The molecule has 4 nitrogen and oxygen atoms in total. The second-order valence-corrected chi connectivity index (χ2v) is 4.00. The van der Waals surface area contributed by atoms with E-state index < -0.39 is 5.97 Å². The van der Waals surface area contributed by atoms with Gasteiger partial charge < -0.3 is 10.0 Å². The van der Waals surface area contributed by atoms with Gasteiger partial charge in [-0.05, 0) is 25.2 Å². The van der Waals surface area contributed by atoms with Crippen molar-refractivity contribution in [3.63, 3.8) is 0 Å². The third kappa shape index (κ3) is 1.64. The summed E-state index contributed by atoms with van der Waals surface area (Å²) < 4.78 is 0. The van der Waals surface area contributed by atoms with Gasteiger partial charge >= 0.3 is 5.97 Å². The fraction of sp³-hybridized carbons (Fsp3) is 0.600. The van der Waals surface area contributed by atoms with Crippen LogP contribution in [0.5, 0.6) is 0 Å². The summed E-state index contributed by atoms with van der Waals surface area (Å²) in [5.41, 5.74) is 0. The topological polar surface area (TPSA) is 57.6 Å². The van der Waals surface area contributed by atoms with Crippen molar-refractivity contribution in [1.82, 2.24) is 4.90 Å². The molecule has 1 aliphatic carbocycles. The summed E-state index contributed by atoms with van der Waals surface area (Å²) in [5, 5.41) is 8.38. The monoisotopic (exact) mass is 195 g/mol. The molecule has 0 radical (unpaired) electrons. The van der Waals surface area contributed by atoms with Crippen molar-refractivity contribution in [2.45, 2.75) is 25.3 Å². The van der Waals surface area contributed by atoms with Crippen LogP contribution in [0.3, 0.4) is 0 Å². The summed E-state index contributed by atoms with van der Waals surface area (Å²) in [4.78, 5) is 23.5. The zero-order valence-corrected chi connectivity index (χ0v) is 7.85. The smallest absolute Gasteiger partial charge is 0.328 e. The number of hydrogen-bond acceptors (Lipinski definition) is 2. The van der Waals surface area contributed by atoms with Crippen LogP contribution in [0.2, 0.25) is 0 Å². The molecule has 4 heteroatoms. The molecule has 2 fully saturated rings. The number of carboxylic acid groups (broad SMARTS) is 1. The molecule has 1 N–H and O–H groups in total. The number of likely N-dealkylation sites (tertiary alicyclic amines) is 1. The standard InChI is InChI=1S/C10H13NO3/c12-9(3-4-10(13)14)11-6-7-1-2-8(11)5-7/h3-4,7-8H,1-2,5-6H2,(H,13,14)/b4-3+/t7-,8-/m0/s1. The molecular formula is C10H13NO3. The van der Waals surface area contributed by atoms with Gasteiger partial charge in [-0.1, -0.05) is 0 Å². The van der Waals surface area contributed by atoms with Gasteiger partial charge in [-0.15, -0.1) is 0 Å². The van der Waals surface area contributed by atoms with Crippen LogP contribution in [0.4, 0.5) is 0 Å². The average molecular weight is 195 g/mol. The number of fused-ring (bicyclic) bond motifs is 2. The Morgan fingerprint density at radius 1 is 1.29 bits per heavy atom. The third-order valence-corrected chi connectivity index (χ3v) is 3.06. The van der Waals surface area contributed by atoms with Crippen molar-refractivity contribution in [2.75, 3.05) is 6.54 Å². The third-order valence-electron chi connectivity index (χ3n) is 3.06. The zero-order chi connectivity index (χ0) is 10.1. The highest BCUT2D eigenvalue weighted by Crippen LogP contribution is 2.37. The first-order valence-electron chi connectivity index (χ1n) is 4.88. The lowest BCUT2D eigenvalue weighted by atomic mass is 10.1. The molecule has 2 atom stereocenters. The molecule has 2 aliphatic rings. The molecule has 1 saturated carbocycles. The van der Waals surface area contributed by atoms with Crippen LogP contribution in [0.25, 0.3) is 0 Å². The van der Waals surface area contributed by atoms with E-state index in [1.807, 2.05) is 0 Å². The van der Waals surface area contributed by atoms with Crippen LogP contribution in [-0.4, -0.2) is 34.5 Å². The molecule has 1 amide bonds. The van der Waals surface area contributed by atoms with Gasteiger partial charge in [0.15, 0.2) is 0 Å². The molecule has 2 bridgehead atoms. The largest absolute Gasteiger partial charge is 0.478 e. The number of carbonyl (C=O) groups excluding carboxylic acids is 1. The van der Waals surface area contributed by atoms with Gasteiger partial charge in [0.2, 0.25) is 5.91 Å². The first-order valence-corrected chi connectivity index (χ1v) is 4.88. The number of amides is 1. The number of hydrogen-bond donors (Lipinski definition) is 1. The number of carboxylic acids is 1. The van der Waals surface area contributed by atoms with Gasteiger partial charge in [-0.2, -0.15) is 0 Å². The summed E-state index contributed by atoms with van der Waals surface area (Å²) in [6.07, 6.45) is 5.47. The van der Waals surface area contributed by atoms with E-state index >= 15 is 0 Å². The van der Waals surface area contributed by atoms with Crippen molar-refractivity contribution >= 4 is 11.9 Å². The molecule has 1 saturated heterocycles. The maximum atomic E-state index is 11.5. The number of nitrogens with zero attached hydrogens (tertiary/aromatic N) is 1. The van der Waals surface area contributed by atoms with Gasteiger partial charge in [-0.25, -0.2) is 4.79 Å². The van der Waals surface area contributed by atoms with Gasteiger partial charge in [-0.3, -0.25) is 4.79 Å². The van der Waals surface area contributed by atoms with E-state index in [0.717, 1.165) is 31.5 Å². The Balaban J connectivity index is 1.96. The Labute approximate surface area is 82.2 Å². The van der Waals surface area contributed by atoms with Gasteiger partial charge in [0.1, 0.15) is 0 Å². The molecule has 14 heavy (non-hydrogen) atoms. The van der Waals surface area contributed by atoms with Crippen molar-refractivity contribution in [1.29, 1.82) is 0 Å². The number of carbonyl (C=O) groups is 2. The first-order chi connectivity index (χ1) is 6.66. The molecule has 2 rings (SSSR count). The summed E-state index contributed by atoms with van der Waals surface area (Å²) in [6, 6.07) is 0.367. The molecule has 1 heterocycles. The lowest BCUT2D eigenvalue weighted by Crippen LogP contribution is -2.36. The van der Waals surface area contributed by atoms with E-state index in [2.05, 4.69) is 0 Å². The quantitative estimate of drug-likeness (QED) is 0.658. The van der Waals surface area contributed by atoms with Crippen LogP contribution in [-0.2, 0) is 9.59 Å². The van der Waals surface area contributed by atoms with Crippen molar-refractivity contribution in [2.24, 2.45) is 5.92 Å². The van der Waals surface area contributed by atoms with E-state index in [1.54, 1.807) is 4.90 Å². The second kappa shape index (κ2) is 3.44. The molecule has 76 valence electrons. The van der Waals surface area contributed by atoms with Gasteiger partial charge in [0, 0.05) is 24.7 Å². The Morgan fingerprint density at radius 3 is 2.57 bits per heavy atom. The Kier molecular flexibility index (Phi) is 2.27. The minimum Gasteiger partial charge on any atom is -0.478 e. The van der Waals surface area contributed by atoms with Crippen molar-refractivity contribution in [3.05, 3.63) is 12.2 Å². The predicted octanol–water partition coefficient (Wildman–Crippen LogP) is 0.638. The second-order valence-electron chi connectivity index (χ2n) is 4.00. The summed E-state index contributed by atoms with van der Waals surface area (Å²) >= 11 is 0. The van der Waals surface area contributed by atoms with E-state index in [1.165, 1.54) is 6.42 Å². The van der Waals surface area contributed by atoms with Gasteiger partial charge in [0.25, 0.3) is 0 Å². The SMILES string of the molecule is O=C(O)/C=C/C(=O)N1C[C@H]2CC[C@H]1C2. The predicted molar refractivity (Wildman–Crippen MR) is 49.6 cm³/mol. The first kappa shape index (κ1) is 9.24. The highest BCUT2D eigenvalue weighted by molar-refractivity contribution is 5.94. The number of aliphatic carboxylic acids is 1. The average Bonchev–Trinajstić information content (AvgIpc) is 2.74. The zero-order valence-electron chi connectivity index (χ0n) is 7.85. The molecule has 1 aliphatic heterocycles. The number of rotatable bonds is 2. The molecule has 0 aromatic carbocycles. The van der Waals surface area contributed by atoms with Crippen LogP contribution in [0.15, 0.2) is 12.2 Å². The fourth-order valence-electron chi connectivity index (χ4n) is 2.43. The maximum absolute atomic E-state index is 11.5. The van der Waals surface area contributed by atoms with Crippen molar-refractivity contribution < 1.29 is 14.7 Å². The molecule has 0 unspecified atom stereocenters. The Bertz CT molecular complexity index is 298. The van der Waals surface area contributed by atoms with Crippen LogP contribution in [0.1, 0.15) is 19.3 Å². The minimum absolute atomic E-state index is 0.153. The highest BCUT2D eigenvalue weighted by atomic mass is 16.4. The lowest BCUT2D eigenvalue weighted by molar-refractivity contribution is -0.132. The van der Waals surface area contributed by atoms with Crippen LogP contribution < -0.4 is 0 Å². The number of piperidine rings is 1. The Hall–Kier alpha value is -1.32. The molecular weight excluding hydrogens is 182 g/mol. The summed E-state index contributed by atoms with van der Waals surface area (Å²) in [5.74, 6) is -0.565. The summed E-state index contributed by atoms with van der Waals surface area (Å²) in [7, 11) is 0. The molecule has 0 aromatic rings. The summed E-state index contributed by atoms with van der Waals surface area (Å²) in [6.45, 7) is 0.813. The van der Waals surface area contributed by atoms with E-state index in [4.69, 9.17) is 5.11 Å². The van der Waals surface area contributed by atoms with Crippen LogP contribution in [0, 0.1) is 5.92 Å². The normalized spacial score (nSPS) is 30.1. The van der Waals surface area contributed by atoms with E-state index in [9.17, 15) is 9.59 Å². The Morgan fingerprint density at radius 2 is 2.07 bits per heavy atom. The minimum atomic E-state index is -1.07. The van der Waals surface area contributed by atoms with Crippen LogP contribution >= 0.6 is 0 Å². The molecule has 0 aromatic heterocycles.